The van der Waals surface area contributed by atoms with E-state index in [9.17, 15) is 9.18 Å². The van der Waals surface area contributed by atoms with Gasteiger partial charge in [0.2, 0.25) is 0 Å². The van der Waals surface area contributed by atoms with Gasteiger partial charge in [0.25, 0.3) is 5.91 Å². The van der Waals surface area contributed by atoms with Crippen molar-refractivity contribution in [3.8, 4) is 11.1 Å². The topological polar surface area (TPSA) is 56.9 Å². The van der Waals surface area contributed by atoms with Gasteiger partial charge in [0.15, 0.2) is 0 Å². The van der Waals surface area contributed by atoms with Crippen LogP contribution in [0.4, 0.5) is 4.39 Å². The van der Waals surface area contributed by atoms with E-state index >= 15 is 0 Å². The lowest BCUT2D eigenvalue weighted by molar-refractivity contribution is 0.0962. The van der Waals surface area contributed by atoms with Crippen molar-refractivity contribution in [1.82, 2.24) is 15.6 Å². The smallest absolute Gasteiger partial charge is 0.254 e. The first-order chi connectivity index (χ1) is 16.1. The zero-order valence-electron chi connectivity index (χ0n) is 18.5. The number of aromatic nitrogens is 1. The molecule has 1 aliphatic heterocycles. The first kappa shape index (κ1) is 20.2. The number of hydrogen-bond donors (Lipinski definition) is 3. The molecule has 1 aliphatic carbocycles. The van der Waals surface area contributed by atoms with Crippen LogP contribution >= 0.6 is 0 Å². The van der Waals surface area contributed by atoms with Gasteiger partial charge in [0.1, 0.15) is 5.82 Å². The van der Waals surface area contributed by atoms with Crippen LogP contribution in [-0.4, -0.2) is 10.9 Å². The Bertz CT molecular complexity index is 1380. The average molecular weight is 440 g/mol. The monoisotopic (exact) mass is 439 g/mol. The number of benzene rings is 3. The molecule has 166 valence electrons. The lowest BCUT2D eigenvalue weighted by atomic mass is 9.90. The minimum Gasteiger partial charge on any atom is -0.357 e. The van der Waals surface area contributed by atoms with Gasteiger partial charge in [-0.25, -0.2) is 4.39 Å². The van der Waals surface area contributed by atoms with E-state index in [1.807, 2.05) is 18.2 Å². The molecule has 3 aromatic carbocycles. The summed E-state index contributed by atoms with van der Waals surface area (Å²) in [5.41, 5.74) is 7.71. The zero-order chi connectivity index (χ0) is 22.5. The van der Waals surface area contributed by atoms with Gasteiger partial charge in [-0.15, -0.1) is 0 Å². The number of rotatable bonds is 4. The van der Waals surface area contributed by atoms with E-state index in [1.165, 1.54) is 28.3 Å². The summed E-state index contributed by atoms with van der Waals surface area (Å²) in [6.45, 7) is 2.60. The molecule has 4 aromatic rings. The highest BCUT2D eigenvalue weighted by molar-refractivity contribution is 5.99. The Kier molecular flexibility index (Phi) is 4.80. The van der Waals surface area contributed by atoms with Crippen LogP contribution in [0.15, 0.2) is 60.7 Å². The van der Waals surface area contributed by atoms with E-state index in [4.69, 9.17) is 0 Å². The van der Waals surface area contributed by atoms with Crippen LogP contribution in [0.1, 0.15) is 64.6 Å². The third-order valence-electron chi connectivity index (χ3n) is 7.13. The average Bonchev–Trinajstić information content (AvgIpc) is 3.40. The van der Waals surface area contributed by atoms with Crippen LogP contribution in [0.25, 0.3) is 22.0 Å². The molecular weight excluding hydrogens is 413 g/mol. The normalized spacial score (nSPS) is 18.1. The molecule has 0 spiro atoms. The minimum atomic E-state index is -0.451. The molecule has 0 saturated heterocycles. The van der Waals surface area contributed by atoms with Crippen molar-refractivity contribution >= 4 is 16.8 Å². The molecule has 6 rings (SSSR count). The molecule has 0 radical (unpaired) electrons. The molecule has 0 bridgehead atoms. The Hall–Kier alpha value is -3.44. The Morgan fingerprint density at radius 3 is 2.76 bits per heavy atom. The van der Waals surface area contributed by atoms with Crippen LogP contribution in [-0.2, 0) is 13.0 Å². The van der Waals surface area contributed by atoms with Gasteiger partial charge in [-0.05, 0) is 78.3 Å². The van der Waals surface area contributed by atoms with Crippen LogP contribution in [0.2, 0.25) is 0 Å². The Morgan fingerprint density at radius 2 is 1.91 bits per heavy atom. The summed E-state index contributed by atoms with van der Waals surface area (Å²) in [4.78, 5) is 15.5. The second-order valence-corrected chi connectivity index (χ2v) is 9.20. The molecule has 1 aromatic heterocycles. The van der Waals surface area contributed by atoms with Crippen molar-refractivity contribution in [3.05, 3.63) is 94.4 Å². The van der Waals surface area contributed by atoms with Gasteiger partial charge in [-0.3, -0.25) is 4.79 Å². The Balaban J connectivity index is 1.36. The summed E-state index contributed by atoms with van der Waals surface area (Å²) >= 11 is 0. The summed E-state index contributed by atoms with van der Waals surface area (Å²) in [6, 6.07) is 20.8. The molecule has 0 saturated carbocycles. The summed E-state index contributed by atoms with van der Waals surface area (Å²) in [7, 11) is 0. The third kappa shape index (κ3) is 3.44. The maximum Gasteiger partial charge on any atom is 0.254 e. The van der Waals surface area contributed by atoms with E-state index < -0.39 is 5.82 Å². The quantitative estimate of drug-likeness (QED) is 0.368. The first-order valence-corrected chi connectivity index (χ1v) is 11.6. The van der Waals surface area contributed by atoms with E-state index in [0.717, 1.165) is 41.5 Å². The number of hydrogen-bond acceptors (Lipinski definition) is 2. The molecule has 3 N–H and O–H groups in total. The zero-order valence-corrected chi connectivity index (χ0v) is 18.5. The molecule has 4 nitrogen and oxygen atoms in total. The standard InChI is InChI=1S/C28H26FN3O/c1-16(17-6-3-2-4-7-17)31-25-9-5-8-21-22-13-18(10-11-24(22)32-27(21)25)19-12-20-15-30-28(33)26(20)23(29)14-19/h2-4,6-7,10-14,16,25,31-32H,5,8-9,15H2,1H3,(H,30,33)/t16-,25?/m1/s1. The van der Waals surface area contributed by atoms with Gasteiger partial charge < -0.3 is 15.6 Å². The number of H-pyrrole nitrogens is 1. The maximum absolute atomic E-state index is 14.7. The van der Waals surface area contributed by atoms with Gasteiger partial charge in [0, 0.05) is 35.2 Å². The molecule has 1 unspecified atom stereocenters. The fraction of sp³-hybridized carbons (Fsp3) is 0.250. The Labute approximate surface area is 192 Å². The molecule has 1 amide bonds. The highest BCUT2D eigenvalue weighted by Crippen LogP contribution is 2.38. The Morgan fingerprint density at radius 1 is 1.06 bits per heavy atom. The van der Waals surface area contributed by atoms with Crippen LogP contribution in [0.5, 0.6) is 0 Å². The molecule has 2 heterocycles. The first-order valence-electron chi connectivity index (χ1n) is 11.6. The number of fused-ring (bicyclic) bond motifs is 4. The van der Waals surface area contributed by atoms with Crippen LogP contribution in [0, 0.1) is 5.82 Å². The molecule has 33 heavy (non-hydrogen) atoms. The predicted octanol–water partition coefficient (Wildman–Crippen LogP) is 5.95. The van der Waals surface area contributed by atoms with Gasteiger partial charge >= 0.3 is 0 Å². The van der Waals surface area contributed by atoms with E-state index in [0.29, 0.717) is 6.54 Å². The predicted molar refractivity (Wildman–Crippen MR) is 129 cm³/mol. The van der Waals surface area contributed by atoms with E-state index in [1.54, 1.807) is 0 Å². The third-order valence-corrected chi connectivity index (χ3v) is 7.13. The largest absolute Gasteiger partial charge is 0.357 e. The van der Waals surface area contributed by atoms with Crippen molar-refractivity contribution in [2.45, 2.75) is 44.8 Å². The van der Waals surface area contributed by atoms with Crippen LogP contribution < -0.4 is 10.6 Å². The molecule has 5 heteroatoms. The number of aromatic amines is 1. The minimum absolute atomic E-state index is 0.181. The number of carbonyl (C=O) groups is 1. The summed E-state index contributed by atoms with van der Waals surface area (Å²) in [6.07, 6.45) is 3.26. The second-order valence-electron chi connectivity index (χ2n) is 9.20. The number of halogens is 1. The summed E-state index contributed by atoms with van der Waals surface area (Å²) < 4.78 is 14.7. The van der Waals surface area contributed by atoms with Gasteiger partial charge in [-0.1, -0.05) is 36.4 Å². The lowest BCUT2D eigenvalue weighted by Crippen LogP contribution is -2.27. The number of aryl methyl sites for hydroxylation is 1. The van der Waals surface area contributed by atoms with Crippen LogP contribution in [0.3, 0.4) is 0 Å². The van der Waals surface area contributed by atoms with Crippen molar-refractivity contribution in [2.75, 3.05) is 0 Å². The fourth-order valence-corrected chi connectivity index (χ4v) is 5.44. The summed E-state index contributed by atoms with van der Waals surface area (Å²) in [5, 5.41) is 7.74. The molecule has 2 atom stereocenters. The SMILES string of the molecule is C[C@@H](NC1CCCc2c1[nH]c1ccc(-c3cc(F)c4c(c3)CNC4=O)cc21)c1ccccc1. The fourth-order valence-electron chi connectivity index (χ4n) is 5.44. The number of nitrogens with one attached hydrogen (secondary N) is 3. The number of amides is 1. The number of carbonyl (C=O) groups excluding carboxylic acids is 1. The highest BCUT2D eigenvalue weighted by Gasteiger charge is 2.27. The summed E-state index contributed by atoms with van der Waals surface area (Å²) in [5.74, 6) is -0.777. The van der Waals surface area contributed by atoms with Crippen molar-refractivity contribution < 1.29 is 9.18 Å². The molecule has 0 fully saturated rings. The van der Waals surface area contributed by atoms with Crippen molar-refractivity contribution in [1.29, 1.82) is 0 Å². The molecular formula is C28H26FN3O. The lowest BCUT2D eigenvalue weighted by Gasteiger charge is -2.27. The van der Waals surface area contributed by atoms with E-state index in [-0.39, 0.29) is 23.6 Å². The maximum atomic E-state index is 14.7. The van der Waals surface area contributed by atoms with E-state index in [2.05, 4.69) is 58.9 Å². The van der Waals surface area contributed by atoms with Gasteiger partial charge in [0.05, 0.1) is 5.56 Å². The second kappa shape index (κ2) is 7.85. The van der Waals surface area contributed by atoms with Crippen molar-refractivity contribution in [2.24, 2.45) is 0 Å². The molecule has 2 aliphatic rings. The van der Waals surface area contributed by atoms with Crippen molar-refractivity contribution in [3.63, 3.8) is 0 Å². The highest BCUT2D eigenvalue weighted by atomic mass is 19.1. The van der Waals surface area contributed by atoms with Gasteiger partial charge in [-0.2, -0.15) is 0 Å².